The van der Waals surface area contributed by atoms with E-state index in [1.54, 1.807) is 0 Å². The van der Waals surface area contributed by atoms with Gasteiger partial charge >= 0.3 is 0 Å². The number of nitrogens with zero attached hydrogens (tertiary/aromatic N) is 1. The van der Waals surface area contributed by atoms with E-state index in [-0.39, 0.29) is 6.10 Å². The number of benzene rings is 2. The molecule has 0 N–H and O–H groups in total. The van der Waals surface area contributed by atoms with Gasteiger partial charge in [-0.05, 0) is 24.6 Å². The number of ether oxygens (including phenoxy) is 1. The van der Waals surface area contributed by atoms with Crippen LogP contribution in [0.1, 0.15) is 22.8 Å². The number of hydrogen-bond acceptors (Lipinski definition) is 3. The van der Waals surface area contributed by atoms with Gasteiger partial charge in [-0.15, -0.1) is 0 Å². The summed E-state index contributed by atoms with van der Waals surface area (Å²) < 4.78 is 5.90. The molecule has 1 aliphatic heterocycles. The van der Waals surface area contributed by atoms with Crippen LogP contribution in [-0.2, 0) is 9.53 Å². The largest absolute Gasteiger partial charge is 0.466 e. The summed E-state index contributed by atoms with van der Waals surface area (Å²) in [4.78, 5) is 15.6. The third-order valence-electron chi connectivity index (χ3n) is 3.38. The Kier molecular flexibility index (Phi) is 3.33. The van der Waals surface area contributed by atoms with Gasteiger partial charge < -0.3 is 9.53 Å². The lowest BCUT2D eigenvalue weighted by molar-refractivity contribution is -0.110. The van der Waals surface area contributed by atoms with E-state index < -0.39 is 6.04 Å². The zero-order valence-corrected chi connectivity index (χ0v) is 11.2. The first-order valence-corrected chi connectivity index (χ1v) is 6.59. The van der Waals surface area contributed by atoms with Crippen LogP contribution in [0.3, 0.4) is 0 Å². The summed E-state index contributed by atoms with van der Waals surface area (Å²) in [7, 11) is 0. The standard InChI is InChI=1S/C17H15NO2/c1-12-7-9-13(10-8-12)16-15(11-19)18-17(20-16)14-5-3-2-4-6-14/h2-11,15-16H,1H3. The van der Waals surface area contributed by atoms with Crippen LogP contribution in [0, 0.1) is 6.92 Å². The van der Waals surface area contributed by atoms with Crippen molar-refractivity contribution in [3.8, 4) is 0 Å². The molecule has 20 heavy (non-hydrogen) atoms. The molecule has 2 aromatic rings. The van der Waals surface area contributed by atoms with Crippen molar-refractivity contribution in [1.82, 2.24) is 0 Å². The number of aliphatic imine (C=N–C) groups is 1. The lowest BCUT2D eigenvalue weighted by Crippen LogP contribution is -2.15. The van der Waals surface area contributed by atoms with Gasteiger partial charge in [-0.25, -0.2) is 4.99 Å². The monoisotopic (exact) mass is 265 g/mol. The first-order chi connectivity index (χ1) is 9.78. The average molecular weight is 265 g/mol. The molecule has 3 heteroatoms. The minimum atomic E-state index is -0.479. The summed E-state index contributed by atoms with van der Waals surface area (Å²) in [6.07, 6.45) is 0.517. The van der Waals surface area contributed by atoms with Crippen LogP contribution in [0.25, 0.3) is 0 Å². The topological polar surface area (TPSA) is 38.7 Å². The molecule has 0 fully saturated rings. The Hall–Kier alpha value is -2.42. The van der Waals surface area contributed by atoms with Crippen LogP contribution in [0.15, 0.2) is 59.6 Å². The van der Waals surface area contributed by atoms with E-state index in [9.17, 15) is 4.79 Å². The van der Waals surface area contributed by atoms with Gasteiger partial charge in [0, 0.05) is 5.56 Å². The molecular weight excluding hydrogens is 250 g/mol. The third kappa shape index (κ3) is 2.35. The summed E-state index contributed by atoms with van der Waals surface area (Å²) in [5.74, 6) is 0.535. The molecule has 0 saturated heterocycles. The van der Waals surface area contributed by atoms with Gasteiger partial charge in [-0.3, -0.25) is 0 Å². The third-order valence-corrected chi connectivity index (χ3v) is 3.38. The number of carbonyl (C=O) groups is 1. The van der Waals surface area contributed by atoms with Gasteiger partial charge in [0.15, 0.2) is 12.1 Å². The number of aryl methyl sites for hydroxylation is 1. The maximum Gasteiger partial charge on any atom is 0.217 e. The zero-order chi connectivity index (χ0) is 13.9. The fourth-order valence-corrected chi connectivity index (χ4v) is 2.27. The van der Waals surface area contributed by atoms with Crippen molar-refractivity contribution in [2.45, 2.75) is 19.1 Å². The summed E-state index contributed by atoms with van der Waals surface area (Å²) >= 11 is 0. The maximum atomic E-state index is 11.2. The molecule has 1 heterocycles. The number of hydrogen-bond donors (Lipinski definition) is 0. The first-order valence-electron chi connectivity index (χ1n) is 6.59. The van der Waals surface area contributed by atoms with E-state index in [2.05, 4.69) is 4.99 Å². The van der Waals surface area contributed by atoms with E-state index in [4.69, 9.17) is 4.74 Å². The Balaban J connectivity index is 1.89. The molecule has 0 aliphatic carbocycles. The van der Waals surface area contributed by atoms with Crippen molar-refractivity contribution in [3.05, 3.63) is 71.3 Å². The van der Waals surface area contributed by atoms with Crippen LogP contribution in [-0.4, -0.2) is 18.2 Å². The lowest BCUT2D eigenvalue weighted by atomic mass is 10.0. The predicted octanol–water partition coefficient (Wildman–Crippen LogP) is 3.08. The highest BCUT2D eigenvalue weighted by atomic mass is 16.5. The number of aldehydes is 1. The van der Waals surface area contributed by atoms with Crippen molar-refractivity contribution >= 4 is 12.2 Å². The fourth-order valence-electron chi connectivity index (χ4n) is 2.27. The van der Waals surface area contributed by atoms with Crippen LogP contribution in [0.2, 0.25) is 0 Å². The smallest absolute Gasteiger partial charge is 0.217 e. The van der Waals surface area contributed by atoms with Crippen LogP contribution in [0.4, 0.5) is 0 Å². The van der Waals surface area contributed by atoms with Crippen LogP contribution in [0.5, 0.6) is 0 Å². The van der Waals surface area contributed by atoms with E-state index in [1.165, 1.54) is 5.56 Å². The maximum absolute atomic E-state index is 11.2. The molecule has 0 radical (unpaired) electrons. The molecule has 3 rings (SSSR count). The van der Waals surface area contributed by atoms with Gasteiger partial charge in [0.05, 0.1) is 0 Å². The summed E-state index contributed by atoms with van der Waals surface area (Å²) in [6, 6.07) is 17.2. The minimum Gasteiger partial charge on any atom is -0.466 e. The molecule has 100 valence electrons. The predicted molar refractivity (Wildman–Crippen MR) is 77.8 cm³/mol. The van der Waals surface area contributed by atoms with Crippen molar-refractivity contribution in [1.29, 1.82) is 0 Å². The van der Waals surface area contributed by atoms with Gasteiger partial charge in [0.25, 0.3) is 0 Å². The Morgan fingerprint density at radius 3 is 2.40 bits per heavy atom. The Bertz CT molecular complexity index is 632. The second-order valence-electron chi connectivity index (χ2n) is 4.88. The summed E-state index contributed by atoms with van der Waals surface area (Å²) in [5, 5.41) is 0. The molecule has 3 nitrogen and oxygen atoms in total. The molecule has 0 bridgehead atoms. The van der Waals surface area contributed by atoms with Crippen LogP contribution < -0.4 is 0 Å². The van der Waals surface area contributed by atoms with Crippen molar-refractivity contribution in [2.24, 2.45) is 4.99 Å². The molecule has 0 amide bonds. The molecule has 0 spiro atoms. The first kappa shape index (κ1) is 12.6. The van der Waals surface area contributed by atoms with Crippen molar-refractivity contribution in [2.75, 3.05) is 0 Å². The normalized spacial score (nSPS) is 21.1. The SMILES string of the molecule is Cc1ccc(C2OC(c3ccccc3)=NC2C=O)cc1. The highest BCUT2D eigenvalue weighted by molar-refractivity contribution is 5.96. The van der Waals surface area contributed by atoms with Crippen molar-refractivity contribution < 1.29 is 9.53 Å². The van der Waals surface area contributed by atoms with Gasteiger partial charge in [-0.2, -0.15) is 0 Å². The number of rotatable bonds is 3. The Morgan fingerprint density at radius 1 is 1.05 bits per heavy atom. The Labute approximate surface area is 117 Å². The molecule has 2 unspecified atom stereocenters. The molecular formula is C17H15NO2. The van der Waals surface area contributed by atoms with Gasteiger partial charge in [-0.1, -0.05) is 48.0 Å². The molecule has 0 aromatic heterocycles. The summed E-state index contributed by atoms with van der Waals surface area (Å²) in [6.45, 7) is 2.03. The van der Waals surface area contributed by atoms with E-state index in [0.717, 1.165) is 17.4 Å². The van der Waals surface area contributed by atoms with E-state index in [1.807, 2.05) is 61.5 Å². The zero-order valence-electron chi connectivity index (χ0n) is 11.2. The minimum absolute atomic E-state index is 0.330. The average Bonchev–Trinajstić information content (AvgIpc) is 2.93. The second kappa shape index (κ2) is 5.29. The van der Waals surface area contributed by atoms with Crippen LogP contribution >= 0.6 is 0 Å². The van der Waals surface area contributed by atoms with E-state index in [0.29, 0.717) is 5.90 Å². The quantitative estimate of drug-likeness (QED) is 0.800. The second-order valence-corrected chi connectivity index (χ2v) is 4.88. The molecule has 2 aromatic carbocycles. The van der Waals surface area contributed by atoms with E-state index >= 15 is 0 Å². The number of carbonyl (C=O) groups excluding carboxylic acids is 1. The lowest BCUT2D eigenvalue weighted by Gasteiger charge is -2.14. The van der Waals surface area contributed by atoms with Gasteiger partial charge in [0.2, 0.25) is 5.90 Å². The highest BCUT2D eigenvalue weighted by Gasteiger charge is 2.32. The fraction of sp³-hybridized carbons (Fsp3) is 0.176. The highest BCUT2D eigenvalue weighted by Crippen LogP contribution is 2.30. The van der Waals surface area contributed by atoms with Gasteiger partial charge in [0.1, 0.15) is 6.29 Å². The molecule has 1 aliphatic rings. The summed E-state index contributed by atoms with van der Waals surface area (Å²) in [5.41, 5.74) is 3.05. The Morgan fingerprint density at radius 2 is 1.75 bits per heavy atom. The molecule has 0 saturated carbocycles. The molecule has 2 atom stereocenters. The van der Waals surface area contributed by atoms with Crippen molar-refractivity contribution in [3.63, 3.8) is 0 Å².